The van der Waals surface area contributed by atoms with Crippen LogP contribution in [-0.4, -0.2) is 42.3 Å². The molecule has 0 aliphatic heterocycles. The Morgan fingerprint density at radius 1 is 1.38 bits per heavy atom. The molecule has 0 heterocycles. The molecule has 0 unspecified atom stereocenters. The molecule has 1 aliphatic carbocycles. The van der Waals surface area contributed by atoms with Crippen LogP contribution in [0.3, 0.4) is 0 Å². The Hall–Kier alpha value is -0.770. The van der Waals surface area contributed by atoms with Crippen molar-refractivity contribution in [1.29, 1.82) is 0 Å². The van der Waals surface area contributed by atoms with Crippen molar-refractivity contribution < 1.29 is 9.90 Å². The highest BCUT2D eigenvalue weighted by molar-refractivity contribution is 5.74. The van der Waals surface area contributed by atoms with Gasteiger partial charge in [0.2, 0.25) is 0 Å². The van der Waals surface area contributed by atoms with Crippen molar-refractivity contribution in [3.63, 3.8) is 0 Å². The molecule has 1 saturated carbocycles. The van der Waals surface area contributed by atoms with E-state index in [-0.39, 0.29) is 12.6 Å². The summed E-state index contributed by atoms with van der Waals surface area (Å²) in [5, 5.41) is 11.9. The number of aliphatic hydroxyl groups is 1. The minimum atomic E-state index is -0.0318. The second kappa shape index (κ2) is 6.09. The van der Waals surface area contributed by atoms with E-state index in [1.807, 2.05) is 6.92 Å². The summed E-state index contributed by atoms with van der Waals surface area (Å²) >= 11 is 0. The van der Waals surface area contributed by atoms with E-state index in [4.69, 9.17) is 5.11 Å². The molecule has 0 atom stereocenters. The standard InChI is InChI=1S/C12H24N2O2/c1-3-7-14(8-9-15)11(16)13-10-12(4-2)5-6-12/h15H,3-10H2,1-2H3,(H,13,16). The van der Waals surface area contributed by atoms with Crippen LogP contribution in [0, 0.1) is 5.41 Å². The van der Waals surface area contributed by atoms with Gasteiger partial charge in [-0.15, -0.1) is 0 Å². The molecule has 0 bridgehead atoms. The largest absolute Gasteiger partial charge is 0.395 e. The molecule has 1 aliphatic rings. The first kappa shape index (κ1) is 13.3. The average Bonchev–Trinajstić information content (AvgIpc) is 3.06. The van der Waals surface area contributed by atoms with E-state index in [9.17, 15) is 4.79 Å². The summed E-state index contributed by atoms with van der Waals surface area (Å²) in [6, 6.07) is -0.0318. The van der Waals surface area contributed by atoms with E-state index in [1.165, 1.54) is 12.8 Å². The van der Waals surface area contributed by atoms with Gasteiger partial charge in [0.25, 0.3) is 0 Å². The SMILES string of the molecule is CCCN(CCO)C(=O)NCC1(CC)CC1. The fourth-order valence-electron chi connectivity index (χ4n) is 1.91. The highest BCUT2D eigenvalue weighted by Crippen LogP contribution is 2.47. The Balaban J connectivity index is 2.30. The maximum absolute atomic E-state index is 11.8. The lowest BCUT2D eigenvalue weighted by Crippen LogP contribution is -2.43. The Kier molecular flexibility index (Phi) is 5.06. The van der Waals surface area contributed by atoms with Gasteiger partial charge in [-0.1, -0.05) is 13.8 Å². The zero-order chi connectivity index (χ0) is 12.0. The molecule has 0 aromatic heterocycles. The normalized spacial score (nSPS) is 16.9. The summed E-state index contributed by atoms with van der Waals surface area (Å²) in [4.78, 5) is 13.5. The zero-order valence-corrected chi connectivity index (χ0v) is 10.5. The third-order valence-corrected chi connectivity index (χ3v) is 3.47. The Morgan fingerprint density at radius 3 is 2.50 bits per heavy atom. The first-order valence-corrected chi connectivity index (χ1v) is 6.31. The van der Waals surface area contributed by atoms with Crippen molar-refractivity contribution in [2.24, 2.45) is 5.41 Å². The molecule has 1 rings (SSSR count). The van der Waals surface area contributed by atoms with E-state index < -0.39 is 0 Å². The number of carbonyl (C=O) groups excluding carboxylic acids is 1. The smallest absolute Gasteiger partial charge is 0.317 e. The van der Waals surface area contributed by atoms with E-state index in [2.05, 4.69) is 12.2 Å². The van der Waals surface area contributed by atoms with Crippen molar-refractivity contribution in [2.45, 2.75) is 39.5 Å². The van der Waals surface area contributed by atoms with Crippen LogP contribution in [0.2, 0.25) is 0 Å². The van der Waals surface area contributed by atoms with Gasteiger partial charge in [-0.05, 0) is 31.1 Å². The van der Waals surface area contributed by atoms with Crippen LogP contribution in [0.5, 0.6) is 0 Å². The van der Waals surface area contributed by atoms with Crippen molar-refractivity contribution >= 4 is 6.03 Å². The Bertz CT molecular complexity index is 221. The topological polar surface area (TPSA) is 52.6 Å². The predicted octanol–water partition coefficient (Wildman–Crippen LogP) is 1.59. The summed E-state index contributed by atoms with van der Waals surface area (Å²) in [5.41, 5.74) is 0.382. The summed E-state index contributed by atoms with van der Waals surface area (Å²) < 4.78 is 0. The number of carbonyl (C=O) groups is 1. The number of urea groups is 1. The maximum atomic E-state index is 11.8. The highest BCUT2D eigenvalue weighted by Gasteiger charge is 2.40. The summed E-state index contributed by atoms with van der Waals surface area (Å²) in [6.45, 7) is 6.17. The van der Waals surface area contributed by atoms with E-state index >= 15 is 0 Å². The van der Waals surface area contributed by atoms with Crippen LogP contribution < -0.4 is 5.32 Å². The number of nitrogens with zero attached hydrogens (tertiary/aromatic N) is 1. The lowest BCUT2D eigenvalue weighted by molar-refractivity contribution is 0.175. The molecule has 94 valence electrons. The van der Waals surface area contributed by atoms with Gasteiger partial charge in [0.15, 0.2) is 0 Å². The van der Waals surface area contributed by atoms with Gasteiger partial charge in [0, 0.05) is 19.6 Å². The van der Waals surface area contributed by atoms with Crippen LogP contribution in [0.15, 0.2) is 0 Å². The van der Waals surface area contributed by atoms with E-state index in [1.54, 1.807) is 4.90 Å². The van der Waals surface area contributed by atoms with E-state index in [0.29, 0.717) is 18.5 Å². The third kappa shape index (κ3) is 3.67. The maximum Gasteiger partial charge on any atom is 0.317 e. The molecular weight excluding hydrogens is 204 g/mol. The molecule has 16 heavy (non-hydrogen) atoms. The summed E-state index contributed by atoms with van der Waals surface area (Å²) in [7, 11) is 0. The van der Waals surface area contributed by atoms with Gasteiger partial charge in [0.1, 0.15) is 0 Å². The van der Waals surface area contributed by atoms with Gasteiger partial charge in [-0.25, -0.2) is 4.79 Å². The second-order valence-corrected chi connectivity index (χ2v) is 4.72. The molecule has 4 nitrogen and oxygen atoms in total. The van der Waals surface area contributed by atoms with Crippen LogP contribution in [-0.2, 0) is 0 Å². The first-order valence-electron chi connectivity index (χ1n) is 6.31. The van der Waals surface area contributed by atoms with Crippen LogP contribution in [0.1, 0.15) is 39.5 Å². The number of hydrogen-bond donors (Lipinski definition) is 2. The predicted molar refractivity (Wildman–Crippen MR) is 64.3 cm³/mol. The molecular formula is C12H24N2O2. The molecule has 0 spiro atoms. The van der Waals surface area contributed by atoms with Crippen LogP contribution >= 0.6 is 0 Å². The fourth-order valence-corrected chi connectivity index (χ4v) is 1.91. The Labute approximate surface area is 98.0 Å². The lowest BCUT2D eigenvalue weighted by atomic mass is 10.0. The van der Waals surface area contributed by atoms with Gasteiger partial charge in [-0.3, -0.25) is 0 Å². The minimum Gasteiger partial charge on any atom is -0.395 e. The third-order valence-electron chi connectivity index (χ3n) is 3.47. The monoisotopic (exact) mass is 228 g/mol. The van der Waals surface area contributed by atoms with Gasteiger partial charge in [0.05, 0.1) is 6.61 Å². The second-order valence-electron chi connectivity index (χ2n) is 4.72. The molecule has 0 radical (unpaired) electrons. The molecule has 1 fully saturated rings. The zero-order valence-electron chi connectivity index (χ0n) is 10.5. The molecule has 0 aromatic rings. The molecule has 4 heteroatoms. The van der Waals surface area contributed by atoms with Crippen LogP contribution in [0.4, 0.5) is 4.79 Å². The molecule has 0 saturated heterocycles. The van der Waals surface area contributed by atoms with Crippen molar-refractivity contribution in [2.75, 3.05) is 26.2 Å². The number of rotatable bonds is 7. The fraction of sp³-hybridized carbons (Fsp3) is 0.917. The van der Waals surface area contributed by atoms with E-state index in [0.717, 1.165) is 19.4 Å². The average molecular weight is 228 g/mol. The minimum absolute atomic E-state index is 0.0318. The molecule has 0 aromatic carbocycles. The highest BCUT2D eigenvalue weighted by atomic mass is 16.3. The molecule has 2 amide bonds. The number of amides is 2. The lowest BCUT2D eigenvalue weighted by Gasteiger charge is -2.23. The van der Waals surface area contributed by atoms with Gasteiger partial charge in [-0.2, -0.15) is 0 Å². The first-order chi connectivity index (χ1) is 7.67. The number of nitrogens with one attached hydrogen (secondary N) is 1. The van der Waals surface area contributed by atoms with Crippen molar-refractivity contribution in [1.82, 2.24) is 10.2 Å². The molecule has 2 N–H and O–H groups in total. The number of hydrogen-bond acceptors (Lipinski definition) is 2. The number of aliphatic hydroxyl groups excluding tert-OH is 1. The Morgan fingerprint density at radius 2 is 2.06 bits per heavy atom. The van der Waals surface area contributed by atoms with Crippen molar-refractivity contribution in [3.8, 4) is 0 Å². The van der Waals surface area contributed by atoms with Crippen LogP contribution in [0.25, 0.3) is 0 Å². The van der Waals surface area contributed by atoms with Gasteiger partial charge >= 0.3 is 6.03 Å². The summed E-state index contributed by atoms with van der Waals surface area (Å²) in [5.74, 6) is 0. The quantitative estimate of drug-likeness (QED) is 0.695. The van der Waals surface area contributed by atoms with Crippen molar-refractivity contribution in [3.05, 3.63) is 0 Å². The van der Waals surface area contributed by atoms with Gasteiger partial charge < -0.3 is 15.3 Å². The summed E-state index contributed by atoms with van der Waals surface area (Å²) in [6.07, 6.45) is 4.53.